The number of carbonyl (C=O) groups excluding carboxylic acids is 2. The van der Waals surface area contributed by atoms with Gasteiger partial charge in [0.05, 0.1) is 12.7 Å². The molecule has 0 spiro atoms. The van der Waals surface area contributed by atoms with E-state index in [9.17, 15) is 9.59 Å². The van der Waals surface area contributed by atoms with Crippen molar-refractivity contribution in [2.24, 2.45) is 0 Å². The molecule has 114 valence electrons. The molecule has 0 bridgehead atoms. The molecule has 0 aromatic heterocycles. The standard InChI is InChI=1S/C15H20N2O4/c1-16-5-7-17(8-6-16)15(19)11-21-14-4-3-13(20-2)9-12(14)10-18/h3-4,9-10H,5-8,11H2,1-2H3. The number of likely N-dealkylation sites (N-methyl/N-ethyl adjacent to an activating group) is 1. The molecule has 0 aliphatic carbocycles. The molecular formula is C15H20N2O4. The van der Waals surface area contributed by atoms with Crippen molar-refractivity contribution in [3.05, 3.63) is 23.8 Å². The third kappa shape index (κ3) is 3.95. The van der Waals surface area contributed by atoms with Crippen LogP contribution >= 0.6 is 0 Å². The highest BCUT2D eigenvalue weighted by molar-refractivity contribution is 5.81. The highest BCUT2D eigenvalue weighted by Crippen LogP contribution is 2.22. The molecule has 6 nitrogen and oxygen atoms in total. The maximum absolute atomic E-state index is 12.1. The molecule has 21 heavy (non-hydrogen) atoms. The Bertz CT molecular complexity index is 510. The maximum Gasteiger partial charge on any atom is 0.260 e. The molecule has 1 aromatic rings. The monoisotopic (exact) mass is 292 g/mol. The summed E-state index contributed by atoms with van der Waals surface area (Å²) in [6.45, 7) is 3.10. The highest BCUT2D eigenvalue weighted by Gasteiger charge is 2.19. The van der Waals surface area contributed by atoms with Gasteiger partial charge in [0, 0.05) is 26.2 Å². The fraction of sp³-hybridized carbons (Fsp3) is 0.467. The van der Waals surface area contributed by atoms with Gasteiger partial charge in [0.2, 0.25) is 0 Å². The van der Waals surface area contributed by atoms with Crippen molar-refractivity contribution in [3.63, 3.8) is 0 Å². The van der Waals surface area contributed by atoms with Gasteiger partial charge >= 0.3 is 0 Å². The Morgan fingerprint density at radius 2 is 2.00 bits per heavy atom. The Labute approximate surface area is 124 Å². The molecule has 0 unspecified atom stereocenters. The van der Waals surface area contributed by atoms with Crippen LogP contribution in [0.25, 0.3) is 0 Å². The lowest BCUT2D eigenvalue weighted by Crippen LogP contribution is -2.48. The van der Waals surface area contributed by atoms with Crippen LogP contribution in [-0.2, 0) is 4.79 Å². The summed E-state index contributed by atoms with van der Waals surface area (Å²) in [5.74, 6) is 0.916. The zero-order valence-corrected chi connectivity index (χ0v) is 12.4. The zero-order valence-electron chi connectivity index (χ0n) is 12.4. The molecule has 0 atom stereocenters. The van der Waals surface area contributed by atoms with Gasteiger partial charge in [-0.15, -0.1) is 0 Å². The van der Waals surface area contributed by atoms with Crippen molar-refractivity contribution in [2.45, 2.75) is 0 Å². The van der Waals surface area contributed by atoms with Gasteiger partial charge in [0.15, 0.2) is 12.9 Å². The van der Waals surface area contributed by atoms with Gasteiger partial charge in [-0.1, -0.05) is 0 Å². The quantitative estimate of drug-likeness (QED) is 0.746. The van der Waals surface area contributed by atoms with Gasteiger partial charge in [-0.3, -0.25) is 9.59 Å². The van der Waals surface area contributed by atoms with Gasteiger partial charge in [0.25, 0.3) is 5.91 Å². The number of nitrogens with zero attached hydrogens (tertiary/aromatic N) is 2. The van der Waals surface area contributed by atoms with E-state index in [0.717, 1.165) is 13.1 Å². The molecule has 2 rings (SSSR count). The summed E-state index contributed by atoms with van der Waals surface area (Å²) in [4.78, 5) is 27.1. The van der Waals surface area contributed by atoms with E-state index in [4.69, 9.17) is 9.47 Å². The van der Waals surface area contributed by atoms with Gasteiger partial charge in [-0.25, -0.2) is 0 Å². The van der Waals surface area contributed by atoms with Gasteiger partial charge in [-0.05, 0) is 25.2 Å². The molecule has 1 aliphatic rings. The van der Waals surface area contributed by atoms with Gasteiger partial charge < -0.3 is 19.3 Å². The van der Waals surface area contributed by atoms with Crippen LogP contribution < -0.4 is 9.47 Å². The third-order valence-corrected chi connectivity index (χ3v) is 3.55. The summed E-state index contributed by atoms with van der Waals surface area (Å²) in [6, 6.07) is 4.92. The van der Waals surface area contributed by atoms with E-state index >= 15 is 0 Å². The first kappa shape index (κ1) is 15.3. The van der Waals surface area contributed by atoms with Crippen LogP contribution in [0, 0.1) is 0 Å². The minimum atomic E-state index is -0.0595. The van der Waals surface area contributed by atoms with Crippen LogP contribution in [0.1, 0.15) is 10.4 Å². The average Bonchev–Trinajstić information content (AvgIpc) is 2.53. The van der Waals surface area contributed by atoms with E-state index < -0.39 is 0 Å². The van der Waals surface area contributed by atoms with Crippen molar-refractivity contribution < 1.29 is 19.1 Å². The minimum Gasteiger partial charge on any atom is -0.497 e. The first-order valence-electron chi connectivity index (χ1n) is 6.86. The molecule has 1 aromatic carbocycles. The minimum absolute atomic E-state index is 0.0586. The summed E-state index contributed by atoms with van der Waals surface area (Å²) in [5.41, 5.74) is 0.375. The lowest BCUT2D eigenvalue weighted by Gasteiger charge is -2.32. The van der Waals surface area contributed by atoms with Crippen molar-refractivity contribution in [1.29, 1.82) is 0 Å². The molecule has 0 saturated carbocycles. The topological polar surface area (TPSA) is 59.1 Å². The number of aldehydes is 1. The Kier molecular flexibility index (Phi) is 5.16. The third-order valence-electron chi connectivity index (χ3n) is 3.55. The number of amides is 1. The Balaban J connectivity index is 1.93. The second kappa shape index (κ2) is 7.08. The average molecular weight is 292 g/mol. The van der Waals surface area contributed by atoms with Crippen molar-refractivity contribution >= 4 is 12.2 Å². The SMILES string of the molecule is COc1ccc(OCC(=O)N2CCN(C)CC2)c(C=O)c1. The van der Waals surface area contributed by atoms with Crippen LogP contribution in [0.4, 0.5) is 0 Å². The molecule has 1 amide bonds. The molecular weight excluding hydrogens is 272 g/mol. The zero-order chi connectivity index (χ0) is 15.2. The number of hydrogen-bond acceptors (Lipinski definition) is 5. The summed E-state index contributed by atoms with van der Waals surface area (Å²) in [5, 5.41) is 0. The normalized spacial score (nSPS) is 15.6. The highest BCUT2D eigenvalue weighted by atomic mass is 16.5. The van der Waals surface area contributed by atoms with Gasteiger partial charge in [-0.2, -0.15) is 0 Å². The molecule has 1 aliphatic heterocycles. The number of rotatable bonds is 5. The second-order valence-electron chi connectivity index (χ2n) is 4.99. The first-order valence-corrected chi connectivity index (χ1v) is 6.86. The van der Waals surface area contributed by atoms with E-state index in [-0.39, 0.29) is 12.5 Å². The van der Waals surface area contributed by atoms with Crippen molar-refractivity contribution in [1.82, 2.24) is 9.80 Å². The second-order valence-corrected chi connectivity index (χ2v) is 4.99. The smallest absolute Gasteiger partial charge is 0.260 e. The summed E-state index contributed by atoms with van der Waals surface area (Å²) >= 11 is 0. The fourth-order valence-electron chi connectivity index (χ4n) is 2.16. The number of benzene rings is 1. The molecule has 6 heteroatoms. The lowest BCUT2D eigenvalue weighted by molar-refractivity contribution is -0.134. The Morgan fingerprint density at radius 1 is 1.29 bits per heavy atom. The molecule has 1 saturated heterocycles. The lowest BCUT2D eigenvalue weighted by atomic mass is 10.2. The number of methoxy groups -OCH3 is 1. The Morgan fingerprint density at radius 3 is 2.62 bits per heavy atom. The summed E-state index contributed by atoms with van der Waals surface area (Å²) in [6.07, 6.45) is 0.693. The van der Waals surface area contributed by atoms with Crippen LogP contribution in [0.2, 0.25) is 0 Å². The van der Waals surface area contributed by atoms with E-state index in [0.29, 0.717) is 36.4 Å². The van der Waals surface area contributed by atoms with E-state index in [1.165, 1.54) is 7.11 Å². The molecule has 1 fully saturated rings. The predicted octanol–water partition coefficient (Wildman–Crippen LogP) is 0.660. The van der Waals surface area contributed by atoms with E-state index in [1.54, 1.807) is 23.1 Å². The summed E-state index contributed by atoms with van der Waals surface area (Å²) in [7, 11) is 3.56. The number of piperazine rings is 1. The molecule has 0 radical (unpaired) electrons. The predicted molar refractivity (Wildman–Crippen MR) is 78.0 cm³/mol. The van der Waals surface area contributed by atoms with Gasteiger partial charge in [0.1, 0.15) is 11.5 Å². The van der Waals surface area contributed by atoms with Crippen molar-refractivity contribution in [3.8, 4) is 11.5 Å². The van der Waals surface area contributed by atoms with Crippen LogP contribution in [0.3, 0.4) is 0 Å². The Hall–Kier alpha value is -2.08. The van der Waals surface area contributed by atoms with Crippen molar-refractivity contribution in [2.75, 3.05) is 46.9 Å². The van der Waals surface area contributed by atoms with E-state index in [1.807, 2.05) is 7.05 Å². The van der Waals surface area contributed by atoms with Crippen LogP contribution in [0.15, 0.2) is 18.2 Å². The number of hydrogen-bond donors (Lipinski definition) is 0. The molecule has 1 heterocycles. The number of ether oxygens (including phenoxy) is 2. The van der Waals surface area contributed by atoms with Crippen LogP contribution in [-0.4, -0.2) is 68.9 Å². The largest absolute Gasteiger partial charge is 0.497 e. The van der Waals surface area contributed by atoms with E-state index in [2.05, 4.69) is 4.90 Å². The maximum atomic E-state index is 12.1. The summed E-state index contributed by atoms with van der Waals surface area (Å²) < 4.78 is 10.5. The molecule has 0 N–H and O–H groups in total. The van der Waals surface area contributed by atoms with Crippen LogP contribution in [0.5, 0.6) is 11.5 Å². The first-order chi connectivity index (χ1) is 10.1. The number of carbonyl (C=O) groups is 2. The fourth-order valence-corrected chi connectivity index (χ4v) is 2.16.